The van der Waals surface area contributed by atoms with Crippen LogP contribution in [0.15, 0.2) is 23.8 Å². The normalized spacial score (nSPS) is 30.5. The average molecular weight is 3430 g/mol. The summed E-state index contributed by atoms with van der Waals surface area (Å²) in [7, 11) is 1.81. The fourth-order valence-corrected chi connectivity index (χ4v) is 7.48. The van der Waals surface area contributed by atoms with E-state index < -0.39 is 0 Å². The number of hydrogen-bond donors (Lipinski definition) is 1. The van der Waals surface area contributed by atoms with Gasteiger partial charge in [-0.15, -0.1) is 0 Å². The molecule has 4 aliphatic carbocycles. The molecule has 5 unspecified atom stereocenters. The summed E-state index contributed by atoms with van der Waals surface area (Å²) < 4.78 is 7.27. The van der Waals surface area contributed by atoms with Crippen LogP contribution < -0.4 is 0 Å². The van der Waals surface area contributed by atoms with Crippen LogP contribution in [-0.4, -0.2) is 28.3 Å². The molecule has 4 rings (SSSR count). The van der Waals surface area contributed by atoms with Crippen molar-refractivity contribution in [3.8, 4) is 0 Å². The van der Waals surface area contributed by atoms with Gasteiger partial charge in [-0.2, -0.15) is 0 Å². The molecule has 0 aromatic heterocycles. The van der Waals surface area contributed by atoms with Crippen LogP contribution in [0.3, 0.4) is 0 Å². The van der Waals surface area contributed by atoms with Gasteiger partial charge >= 0.3 is 151 Å². The molecule has 0 saturated heterocycles. The van der Waals surface area contributed by atoms with Crippen LogP contribution in [0.5, 0.6) is 0 Å². The van der Waals surface area contributed by atoms with Gasteiger partial charge in [0.25, 0.3) is 0 Å². The largest absolute Gasteiger partial charge is 0 e. The van der Waals surface area contributed by atoms with Gasteiger partial charge in [0.1, 0.15) is 0 Å². The van der Waals surface area contributed by atoms with Gasteiger partial charge in [0.2, 0.25) is 0 Å². The summed E-state index contributed by atoms with van der Waals surface area (Å²) in [4.78, 5) is 0. The minimum absolute atomic E-state index is 0. The van der Waals surface area contributed by atoms with Crippen molar-refractivity contribution in [2.75, 3.05) is 7.11 Å². The van der Waals surface area contributed by atoms with E-state index >= 15 is 0 Å². The molecule has 39 heavy (non-hydrogen) atoms. The number of fused-ring (bicyclic) bond motifs is 5. The fraction of sp³-hybridized carbons (Fsp3) is 0.750. The monoisotopic (exact) mass is 3430 g/mol. The van der Waals surface area contributed by atoms with Gasteiger partial charge in [0.15, 0.2) is 0 Å². The van der Waals surface area contributed by atoms with Crippen molar-refractivity contribution in [1.29, 1.82) is 0 Å². The zero-order valence-electron chi connectivity index (χ0n) is 21.0. The maximum atomic E-state index is 11.2. The SMILES string of the molecule is CO[C@@H]1C=C2C=CC3C4CC[C](=[W])C4(C)C[C@@H](O)C3C2(C)CC1.[W].[W].[W].[W].[W].[W].[W].[W].[W].[W].[W].[W].[W].[W].[W].[W]. The van der Waals surface area contributed by atoms with Gasteiger partial charge in [-0.25, -0.2) is 0 Å². The molecule has 0 aliphatic heterocycles. The van der Waals surface area contributed by atoms with E-state index in [1.165, 1.54) is 18.4 Å². The first kappa shape index (κ1) is 87.7. The molecule has 0 bridgehead atoms. The van der Waals surface area contributed by atoms with Gasteiger partial charge < -0.3 is 0 Å². The van der Waals surface area contributed by atoms with Gasteiger partial charge in [0.05, 0.1) is 0 Å². The third-order valence-corrected chi connectivity index (χ3v) is 9.98. The minimum atomic E-state index is -0.175. The van der Waals surface area contributed by atoms with Crippen molar-refractivity contribution < 1.29 is 366 Å². The number of rotatable bonds is 1. The second kappa shape index (κ2) is 40.2. The third-order valence-electron chi connectivity index (χ3n) is 7.57. The Morgan fingerprint density at radius 1 is 0.769 bits per heavy atom. The van der Waals surface area contributed by atoms with Crippen molar-refractivity contribution in [1.82, 2.24) is 0 Å². The standard InChI is InChI=1S/C20H28O2.17W/c1-19-9-4-5-16(19)15-7-6-13-11-14(22-3)8-10-20(13,2)18(15)17(21)12-19;;;;;;;;;;;;;;;;;/h6-7,11,14-18,21H,4-5,8,10,12H2,1-3H3;;;;;;;;;;;;;;;;;/t14-,15?,16?,17+,18?,19?,20?;;;;;;;;;;;;;;;;;/m0................./s1. The molecule has 0 aromatic rings. The Morgan fingerprint density at radius 3 is 1.67 bits per heavy atom. The number of ether oxygens (including phenoxy) is 1. The Morgan fingerprint density at radius 2 is 1.23 bits per heavy atom. The number of aliphatic hydroxyl groups excluding tert-OH is 1. The van der Waals surface area contributed by atoms with Crippen molar-refractivity contribution in [2.45, 2.75) is 58.2 Å². The molecular formula is C20H28O2W17. The predicted octanol–water partition coefficient (Wildman–Crippen LogP) is 3.39. The quantitative estimate of drug-likeness (QED) is 0.437. The summed E-state index contributed by atoms with van der Waals surface area (Å²) in [6, 6.07) is 0. The molecule has 222 valence electrons. The third kappa shape index (κ3) is 19.7. The van der Waals surface area contributed by atoms with Crippen molar-refractivity contribution in [3.63, 3.8) is 0 Å². The van der Waals surface area contributed by atoms with E-state index in [0.717, 1.165) is 25.2 Å². The first-order chi connectivity index (χ1) is 10.9. The molecule has 0 spiro atoms. The van der Waals surface area contributed by atoms with Crippen LogP contribution in [-0.2, 0) is 361 Å². The maximum absolute atomic E-state index is 11.2. The zero-order chi connectivity index (χ0) is 16.4. The van der Waals surface area contributed by atoms with Gasteiger partial charge in [-0.3, -0.25) is 0 Å². The molecular weight excluding hydrogens is 3400 g/mol. The summed E-state index contributed by atoms with van der Waals surface area (Å²) in [5, 5.41) is 11.2. The van der Waals surface area contributed by atoms with Gasteiger partial charge in [0, 0.05) is 337 Å². The Balaban J connectivity index is -0.0000000384. The molecule has 0 radical (unpaired) electrons. The van der Waals surface area contributed by atoms with E-state index in [1.54, 1.807) is 30.4 Å². The molecule has 4 aliphatic rings. The summed E-state index contributed by atoms with van der Waals surface area (Å²) >= 11 is 1.64. The first-order valence-electron chi connectivity index (χ1n) is 9.05. The second-order valence-electron chi connectivity index (χ2n) is 8.57. The molecule has 0 heterocycles. The molecule has 19 heteroatoms. The van der Waals surface area contributed by atoms with Gasteiger partial charge in [-0.1, -0.05) is 0 Å². The molecule has 2 fully saturated rings. The molecule has 7 atom stereocenters. The Hall–Kier alpha value is 11.0. The number of allylic oxidation sites excluding steroid dienone is 3. The molecule has 0 aromatic carbocycles. The van der Waals surface area contributed by atoms with Crippen LogP contribution in [0.2, 0.25) is 0 Å². The van der Waals surface area contributed by atoms with E-state index in [1.807, 2.05) is 0 Å². The molecule has 0 amide bonds. The zero-order valence-corrected chi connectivity index (χ0v) is 70.8. The second-order valence-corrected chi connectivity index (χ2v) is 10.3. The van der Waals surface area contributed by atoms with Crippen LogP contribution in [0, 0.1) is 28.6 Å². The van der Waals surface area contributed by atoms with Gasteiger partial charge in [-0.05, 0) is 0 Å². The molecule has 1 N–H and O–H groups in total. The Bertz CT molecular complexity index is 627. The average Bonchev–Trinajstić information content (AvgIpc) is 2.81. The predicted molar refractivity (Wildman–Crippen MR) is 88.8 cm³/mol. The van der Waals surface area contributed by atoms with E-state index in [2.05, 4.69) is 32.1 Å². The summed E-state index contributed by atoms with van der Waals surface area (Å²) in [6.07, 6.45) is 13.0. The van der Waals surface area contributed by atoms with Crippen molar-refractivity contribution in [3.05, 3.63) is 23.8 Å². The smallest absolute Gasteiger partial charge is 0 e. The molecule has 2 saturated carbocycles. The van der Waals surface area contributed by atoms with E-state index in [4.69, 9.17) is 4.74 Å². The van der Waals surface area contributed by atoms with E-state index in [-0.39, 0.29) is 360 Å². The molecule has 2 nitrogen and oxygen atoms in total. The van der Waals surface area contributed by atoms with E-state index in [9.17, 15) is 5.11 Å². The van der Waals surface area contributed by atoms with Crippen molar-refractivity contribution in [2.24, 2.45) is 28.6 Å². The fourth-order valence-electron chi connectivity index (χ4n) is 6.22. The van der Waals surface area contributed by atoms with Crippen LogP contribution in [0.1, 0.15) is 46.0 Å². The minimum Gasteiger partial charge on any atom is 0 e. The summed E-state index contributed by atoms with van der Waals surface area (Å²) in [6.45, 7) is 4.82. The number of aliphatic hydroxyl groups is 1. The first-order valence-corrected chi connectivity index (χ1v) is 10.5. The Labute approximate surface area is 477 Å². The summed E-state index contributed by atoms with van der Waals surface area (Å²) in [5.41, 5.74) is 1.81. The maximum Gasteiger partial charge on any atom is 0 e. The van der Waals surface area contributed by atoms with Crippen LogP contribution in [0.25, 0.3) is 0 Å². The number of methoxy groups -OCH3 is 1. The topological polar surface area (TPSA) is 29.5 Å². The Kier molecular flexibility index (Phi) is 90.3. The van der Waals surface area contributed by atoms with Crippen molar-refractivity contribution >= 4 is 3.90 Å². The van der Waals surface area contributed by atoms with Crippen LogP contribution >= 0.6 is 0 Å². The number of hydrogen-bond acceptors (Lipinski definition) is 2. The summed E-state index contributed by atoms with van der Waals surface area (Å²) in [5.74, 6) is 1.66. The van der Waals surface area contributed by atoms with Crippen LogP contribution in [0.4, 0.5) is 0 Å². The van der Waals surface area contributed by atoms with E-state index in [0.29, 0.717) is 11.8 Å².